The number of imidazole rings is 1. The van der Waals surface area contributed by atoms with Gasteiger partial charge in [-0.05, 0) is 44.5 Å². The largest absolute Gasteiger partial charge is 0.381 e. The first-order chi connectivity index (χ1) is 9.43. The van der Waals surface area contributed by atoms with Gasteiger partial charge in [-0.1, -0.05) is 12.1 Å². The van der Waals surface area contributed by atoms with Crippen molar-refractivity contribution in [1.82, 2.24) is 14.9 Å². The van der Waals surface area contributed by atoms with Crippen LogP contribution in [0, 0.1) is 0 Å². The Morgan fingerprint density at radius 1 is 1.21 bits per heavy atom. The van der Waals surface area contributed by atoms with E-state index in [0.717, 1.165) is 18.8 Å². The molecule has 1 fully saturated rings. The molecule has 1 aromatic carbocycles. The van der Waals surface area contributed by atoms with Crippen molar-refractivity contribution in [3.05, 3.63) is 43.0 Å². The second-order valence-electron chi connectivity index (χ2n) is 5.01. The zero-order chi connectivity index (χ0) is 12.9. The van der Waals surface area contributed by atoms with Crippen LogP contribution in [0.3, 0.4) is 0 Å². The maximum Gasteiger partial charge on any atom is 0.0992 e. The second-order valence-corrected chi connectivity index (χ2v) is 5.01. The predicted octanol–water partition coefficient (Wildman–Crippen LogP) is 2.43. The monoisotopic (exact) mass is 256 g/mol. The number of hydrogen-bond acceptors (Lipinski definition) is 3. The lowest BCUT2D eigenvalue weighted by Crippen LogP contribution is -2.22. The highest BCUT2D eigenvalue weighted by atomic mass is 15.1. The molecular formula is C15H20N4. The zero-order valence-electron chi connectivity index (χ0n) is 11.0. The van der Waals surface area contributed by atoms with Crippen molar-refractivity contribution in [1.29, 1.82) is 0 Å². The number of para-hydroxylation sites is 2. The Morgan fingerprint density at radius 2 is 2.16 bits per heavy atom. The summed E-state index contributed by atoms with van der Waals surface area (Å²) in [6.45, 7) is 2.24. The summed E-state index contributed by atoms with van der Waals surface area (Å²) >= 11 is 0. The molecule has 4 heteroatoms. The van der Waals surface area contributed by atoms with Gasteiger partial charge in [-0.3, -0.25) is 0 Å². The Bertz CT molecular complexity index is 499. The summed E-state index contributed by atoms with van der Waals surface area (Å²) in [6, 6.07) is 8.97. The van der Waals surface area contributed by atoms with E-state index in [1.807, 2.05) is 18.7 Å². The number of anilines is 1. The maximum atomic E-state index is 4.13. The van der Waals surface area contributed by atoms with Crippen LogP contribution in [-0.4, -0.2) is 28.7 Å². The fourth-order valence-corrected chi connectivity index (χ4v) is 2.61. The summed E-state index contributed by atoms with van der Waals surface area (Å²) in [4.78, 5) is 4.13. The second kappa shape index (κ2) is 5.89. The summed E-state index contributed by atoms with van der Waals surface area (Å²) in [7, 11) is 0. The molecule has 0 aliphatic carbocycles. The van der Waals surface area contributed by atoms with Crippen molar-refractivity contribution >= 4 is 5.69 Å². The third kappa shape index (κ3) is 2.96. The molecule has 2 aromatic rings. The molecule has 19 heavy (non-hydrogen) atoms. The van der Waals surface area contributed by atoms with Crippen LogP contribution in [0.2, 0.25) is 0 Å². The van der Waals surface area contributed by atoms with Crippen molar-refractivity contribution < 1.29 is 0 Å². The van der Waals surface area contributed by atoms with E-state index in [4.69, 9.17) is 0 Å². The normalized spacial score (nSPS) is 19.9. The lowest BCUT2D eigenvalue weighted by atomic mass is 10.1. The average molecular weight is 256 g/mol. The van der Waals surface area contributed by atoms with E-state index in [1.165, 1.54) is 24.9 Å². The van der Waals surface area contributed by atoms with Gasteiger partial charge in [-0.2, -0.15) is 0 Å². The first-order valence-corrected chi connectivity index (χ1v) is 6.98. The van der Waals surface area contributed by atoms with Gasteiger partial charge in [-0.25, -0.2) is 4.98 Å². The van der Waals surface area contributed by atoms with Gasteiger partial charge >= 0.3 is 0 Å². The Morgan fingerprint density at radius 3 is 3.05 bits per heavy atom. The smallest absolute Gasteiger partial charge is 0.0992 e. The minimum absolute atomic E-state index is 0.555. The van der Waals surface area contributed by atoms with Gasteiger partial charge in [0.05, 0.1) is 17.7 Å². The molecule has 1 aliphatic heterocycles. The number of benzene rings is 1. The molecule has 2 heterocycles. The Hall–Kier alpha value is -1.81. The van der Waals surface area contributed by atoms with Gasteiger partial charge < -0.3 is 15.2 Å². The average Bonchev–Trinajstić information content (AvgIpc) is 2.85. The molecule has 0 radical (unpaired) electrons. The predicted molar refractivity (Wildman–Crippen MR) is 77.7 cm³/mol. The Balaban J connectivity index is 1.80. The van der Waals surface area contributed by atoms with E-state index >= 15 is 0 Å². The first kappa shape index (κ1) is 12.2. The van der Waals surface area contributed by atoms with Gasteiger partial charge in [0.25, 0.3) is 0 Å². The molecule has 0 spiro atoms. The minimum atomic E-state index is 0.555. The van der Waals surface area contributed by atoms with E-state index in [2.05, 4.69) is 44.5 Å². The molecule has 1 aromatic heterocycles. The summed E-state index contributed by atoms with van der Waals surface area (Å²) in [5.41, 5.74) is 2.35. The highest BCUT2D eigenvalue weighted by Gasteiger charge is 2.13. The Labute approximate surface area is 113 Å². The number of hydrogen-bond donors (Lipinski definition) is 2. The summed E-state index contributed by atoms with van der Waals surface area (Å²) in [6.07, 6.45) is 9.28. The molecular weight excluding hydrogens is 236 g/mol. The standard InChI is InChI=1S/C15H20N4/c1-2-6-15(19-11-10-17-12-19)14(5-1)18-13-4-3-8-16-9-7-13/h1-2,5-6,10-13,16,18H,3-4,7-9H2. The van der Waals surface area contributed by atoms with E-state index < -0.39 is 0 Å². The molecule has 100 valence electrons. The van der Waals surface area contributed by atoms with Crippen LogP contribution >= 0.6 is 0 Å². The Kier molecular flexibility index (Phi) is 3.79. The van der Waals surface area contributed by atoms with Crippen molar-refractivity contribution in [2.24, 2.45) is 0 Å². The number of aromatic nitrogens is 2. The summed E-state index contributed by atoms with van der Waals surface area (Å²) in [5, 5.41) is 7.14. The van der Waals surface area contributed by atoms with Crippen LogP contribution in [0.4, 0.5) is 5.69 Å². The van der Waals surface area contributed by atoms with Gasteiger partial charge in [0.15, 0.2) is 0 Å². The lowest BCUT2D eigenvalue weighted by molar-refractivity contribution is 0.637. The van der Waals surface area contributed by atoms with E-state index in [1.54, 1.807) is 0 Å². The highest BCUT2D eigenvalue weighted by Crippen LogP contribution is 2.22. The third-order valence-corrected chi connectivity index (χ3v) is 3.62. The molecule has 2 N–H and O–H groups in total. The molecule has 1 unspecified atom stereocenters. The molecule has 1 aliphatic rings. The summed E-state index contributed by atoms with van der Waals surface area (Å²) in [5.74, 6) is 0. The van der Waals surface area contributed by atoms with Crippen molar-refractivity contribution in [3.8, 4) is 5.69 Å². The van der Waals surface area contributed by atoms with Crippen LogP contribution in [0.5, 0.6) is 0 Å². The van der Waals surface area contributed by atoms with Gasteiger partial charge in [0, 0.05) is 18.4 Å². The lowest BCUT2D eigenvalue weighted by Gasteiger charge is -2.20. The van der Waals surface area contributed by atoms with Gasteiger partial charge in [0.1, 0.15) is 0 Å². The maximum absolute atomic E-state index is 4.13. The quantitative estimate of drug-likeness (QED) is 0.886. The number of rotatable bonds is 3. The topological polar surface area (TPSA) is 41.9 Å². The van der Waals surface area contributed by atoms with Crippen LogP contribution < -0.4 is 10.6 Å². The van der Waals surface area contributed by atoms with Crippen LogP contribution in [-0.2, 0) is 0 Å². The SMILES string of the molecule is c1ccc(-n2ccnc2)c(NC2CCCNCC2)c1. The van der Waals surface area contributed by atoms with Crippen molar-refractivity contribution in [2.75, 3.05) is 18.4 Å². The fourth-order valence-electron chi connectivity index (χ4n) is 2.61. The van der Waals surface area contributed by atoms with E-state index in [9.17, 15) is 0 Å². The van der Waals surface area contributed by atoms with Gasteiger partial charge in [-0.15, -0.1) is 0 Å². The van der Waals surface area contributed by atoms with Crippen LogP contribution in [0.15, 0.2) is 43.0 Å². The third-order valence-electron chi connectivity index (χ3n) is 3.62. The van der Waals surface area contributed by atoms with Crippen molar-refractivity contribution in [2.45, 2.75) is 25.3 Å². The van der Waals surface area contributed by atoms with Gasteiger partial charge in [0.2, 0.25) is 0 Å². The number of nitrogens with one attached hydrogen (secondary N) is 2. The molecule has 0 amide bonds. The number of nitrogens with zero attached hydrogens (tertiary/aromatic N) is 2. The molecule has 0 saturated carbocycles. The fraction of sp³-hybridized carbons (Fsp3) is 0.400. The van der Waals surface area contributed by atoms with Crippen molar-refractivity contribution in [3.63, 3.8) is 0 Å². The molecule has 1 saturated heterocycles. The summed E-state index contributed by atoms with van der Waals surface area (Å²) < 4.78 is 2.05. The van der Waals surface area contributed by atoms with Crippen LogP contribution in [0.25, 0.3) is 5.69 Å². The molecule has 4 nitrogen and oxygen atoms in total. The highest BCUT2D eigenvalue weighted by molar-refractivity contribution is 5.61. The van der Waals surface area contributed by atoms with E-state index in [-0.39, 0.29) is 0 Å². The molecule has 0 bridgehead atoms. The first-order valence-electron chi connectivity index (χ1n) is 6.98. The molecule has 1 atom stereocenters. The van der Waals surface area contributed by atoms with E-state index in [0.29, 0.717) is 6.04 Å². The zero-order valence-corrected chi connectivity index (χ0v) is 11.0. The van der Waals surface area contributed by atoms with Crippen LogP contribution in [0.1, 0.15) is 19.3 Å². The minimum Gasteiger partial charge on any atom is -0.381 e. The molecule has 3 rings (SSSR count).